The fraction of sp³-hybridized carbons (Fsp3) is 0.207. The Morgan fingerprint density at radius 1 is 1.08 bits per heavy atom. The lowest BCUT2D eigenvalue weighted by Gasteiger charge is -2.17. The zero-order valence-corrected chi connectivity index (χ0v) is 21.4. The molecule has 194 valence electrons. The van der Waals surface area contributed by atoms with Crippen LogP contribution in [-0.4, -0.2) is 49.0 Å². The Hall–Kier alpha value is -4.14. The summed E-state index contributed by atoms with van der Waals surface area (Å²) in [5.41, 5.74) is 1.84. The maximum absolute atomic E-state index is 12.9. The molecule has 0 saturated carbocycles. The number of hydrogen-bond acceptors (Lipinski definition) is 6. The van der Waals surface area contributed by atoms with Gasteiger partial charge >= 0.3 is 0 Å². The van der Waals surface area contributed by atoms with Gasteiger partial charge in [-0.1, -0.05) is 17.7 Å². The first-order chi connectivity index (χ1) is 18.4. The summed E-state index contributed by atoms with van der Waals surface area (Å²) < 4.78 is 16.8. The maximum Gasteiger partial charge on any atom is 0.261 e. The molecule has 1 fully saturated rings. The summed E-state index contributed by atoms with van der Waals surface area (Å²) in [6.45, 7) is 0.904. The Morgan fingerprint density at radius 3 is 2.68 bits per heavy atom. The third-order valence-corrected chi connectivity index (χ3v) is 6.53. The minimum atomic E-state index is -0.352. The Kier molecular flexibility index (Phi) is 7.44. The van der Waals surface area contributed by atoms with E-state index in [2.05, 4.69) is 5.32 Å². The molecule has 2 aliphatic heterocycles. The van der Waals surface area contributed by atoms with E-state index < -0.39 is 0 Å². The third kappa shape index (κ3) is 5.56. The average Bonchev–Trinajstić information content (AvgIpc) is 3.51. The largest absolute Gasteiger partial charge is 0.496 e. The Balaban J connectivity index is 1.25. The number of ether oxygens (including phenoxy) is 3. The van der Waals surface area contributed by atoms with E-state index >= 15 is 0 Å². The molecule has 2 heterocycles. The molecule has 38 heavy (non-hydrogen) atoms. The van der Waals surface area contributed by atoms with Gasteiger partial charge in [-0.3, -0.25) is 19.3 Å². The highest BCUT2D eigenvalue weighted by atomic mass is 35.5. The average molecular weight is 533 g/mol. The monoisotopic (exact) mass is 532 g/mol. The molecule has 1 N–H and O–H groups in total. The van der Waals surface area contributed by atoms with Crippen LogP contribution in [-0.2, 0) is 9.53 Å². The van der Waals surface area contributed by atoms with Gasteiger partial charge in [0, 0.05) is 35.0 Å². The summed E-state index contributed by atoms with van der Waals surface area (Å²) in [5.74, 6) is 0.433. The van der Waals surface area contributed by atoms with Crippen LogP contribution in [0.2, 0.25) is 5.02 Å². The van der Waals surface area contributed by atoms with Crippen molar-refractivity contribution in [2.75, 3.05) is 25.6 Å². The summed E-state index contributed by atoms with van der Waals surface area (Å²) in [5, 5.41) is 3.32. The first-order valence-electron chi connectivity index (χ1n) is 12.1. The lowest BCUT2D eigenvalue weighted by Crippen LogP contribution is -2.36. The second kappa shape index (κ2) is 11.1. The first-order valence-corrected chi connectivity index (χ1v) is 12.5. The summed E-state index contributed by atoms with van der Waals surface area (Å²) in [6.07, 6.45) is 4.64. The van der Waals surface area contributed by atoms with Gasteiger partial charge in [0.25, 0.3) is 11.8 Å². The van der Waals surface area contributed by atoms with Crippen LogP contribution >= 0.6 is 11.6 Å². The summed E-state index contributed by atoms with van der Waals surface area (Å²) >= 11 is 6.04. The number of halogens is 1. The number of methoxy groups -OCH3 is 1. The Morgan fingerprint density at radius 2 is 1.89 bits per heavy atom. The van der Waals surface area contributed by atoms with E-state index in [4.69, 9.17) is 25.8 Å². The van der Waals surface area contributed by atoms with Gasteiger partial charge in [-0.05, 0) is 67.4 Å². The standard InChI is InChI=1S/C29H25ClN2O6/c1-36-26-11-8-19(30)14-18(26)7-12-27(33)31-20-4-2-5-21(15-20)38-22-9-10-24-25(16-22)29(35)32(28(24)34)17-23-6-3-13-37-23/h2,4-5,7-12,14-16,23H,3,6,13,17H2,1H3,(H,31,33)/b12-7+. The molecule has 3 aromatic carbocycles. The van der Waals surface area contributed by atoms with Crippen molar-refractivity contribution in [3.63, 3.8) is 0 Å². The number of anilines is 1. The van der Waals surface area contributed by atoms with Gasteiger partial charge in [-0.25, -0.2) is 0 Å². The predicted octanol–water partition coefficient (Wildman–Crippen LogP) is 5.57. The topological polar surface area (TPSA) is 94.2 Å². The molecule has 0 aliphatic carbocycles. The highest BCUT2D eigenvalue weighted by Gasteiger charge is 2.37. The van der Waals surface area contributed by atoms with Crippen LogP contribution in [0.5, 0.6) is 17.2 Å². The van der Waals surface area contributed by atoms with Crippen molar-refractivity contribution in [1.82, 2.24) is 4.90 Å². The summed E-state index contributed by atoms with van der Waals surface area (Å²) in [7, 11) is 1.54. The predicted molar refractivity (Wildman–Crippen MR) is 143 cm³/mol. The number of nitrogens with one attached hydrogen (secondary N) is 1. The zero-order chi connectivity index (χ0) is 26.6. The minimum Gasteiger partial charge on any atom is -0.496 e. The van der Waals surface area contributed by atoms with Crippen LogP contribution < -0.4 is 14.8 Å². The van der Waals surface area contributed by atoms with Crippen molar-refractivity contribution in [3.8, 4) is 17.2 Å². The SMILES string of the molecule is COc1ccc(Cl)cc1/C=C/C(=O)Nc1cccc(Oc2ccc3c(c2)C(=O)N(CC2CCCO2)C3=O)c1. The first kappa shape index (κ1) is 25.5. The van der Waals surface area contributed by atoms with E-state index in [1.807, 2.05) is 0 Å². The highest BCUT2D eigenvalue weighted by Crippen LogP contribution is 2.31. The fourth-order valence-electron chi connectivity index (χ4n) is 4.45. The zero-order valence-electron chi connectivity index (χ0n) is 20.6. The Labute approximate surface area is 224 Å². The van der Waals surface area contributed by atoms with Gasteiger partial charge in [0.1, 0.15) is 17.2 Å². The maximum atomic E-state index is 12.9. The Bertz CT molecular complexity index is 1430. The number of benzene rings is 3. The van der Waals surface area contributed by atoms with E-state index in [0.29, 0.717) is 51.3 Å². The van der Waals surface area contributed by atoms with E-state index in [1.165, 1.54) is 11.0 Å². The van der Waals surface area contributed by atoms with Crippen molar-refractivity contribution < 1.29 is 28.6 Å². The number of nitrogens with zero attached hydrogens (tertiary/aromatic N) is 1. The highest BCUT2D eigenvalue weighted by molar-refractivity contribution is 6.30. The molecular formula is C29H25ClN2O6. The van der Waals surface area contributed by atoms with Crippen LogP contribution in [0.15, 0.2) is 66.7 Å². The number of carbonyl (C=O) groups excluding carboxylic acids is 3. The van der Waals surface area contributed by atoms with Crippen molar-refractivity contribution in [1.29, 1.82) is 0 Å². The summed E-state index contributed by atoms with van der Waals surface area (Å²) in [6, 6.07) is 16.8. The molecule has 0 aromatic heterocycles. The van der Waals surface area contributed by atoms with Gasteiger partial charge in [-0.15, -0.1) is 0 Å². The summed E-state index contributed by atoms with van der Waals surface area (Å²) in [4.78, 5) is 39.4. The van der Waals surface area contributed by atoms with E-state index in [0.717, 1.165) is 12.8 Å². The number of imide groups is 1. The van der Waals surface area contributed by atoms with Crippen LogP contribution in [0.4, 0.5) is 5.69 Å². The smallest absolute Gasteiger partial charge is 0.261 e. The molecule has 2 aliphatic rings. The molecule has 5 rings (SSSR count). The second-order valence-electron chi connectivity index (χ2n) is 8.90. The quantitative estimate of drug-likeness (QED) is 0.301. The normalized spacial score (nSPS) is 16.7. The van der Waals surface area contributed by atoms with Crippen LogP contribution in [0.25, 0.3) is 6.08 Å². The van der Waals surface area contributed by atoms with Crippen LogP contribution in [0, 0.1) is 0 Å². The van der Waals surface area contributed by atoms with Crippen molar-refractivity contribution >= 4 is 41.1 Å². The van der Waals surface area contributed by atoms with Gasteiger partial charge in [-0.2, -0.15) is 0 Å². The van der Waals surface area contributed by atoms with Crippen LogP contribution in [0.3, 0.4) is 0 Å². The van der Waals surface area contributed by atoms with Gasteiger partial charge in [0.05, 0.1) is 30.9 Å². The molecule has 1 saturated heterocycles. The molecule has 3 aromatic rings. The third-order valence-electron chi connectivity index (χ3n) is 6.30. The number of amides is 3. The van der Waals surface area contributed by atoms with E-state index in [1.54, 1.807) is 73.8 Å². The molecule has 0 bridgehead atoms. The molecule has 3 amide bonds. The molecule has 1 unspecified atom stereocenters. The van der Waals surface area contributed by atoms with Crippen molar-refractivity contribution in [3.05, 3.63) is 88.5 Å². The van der Waals surface area contributed by atoms with Gasteiger partial charge in [0.15, 0.2) is 0 Å². The lowest BCUT2D eigenvalue weighted by molar-refractivity contribution is -0.111. The number of hydrogen-bond donors (Lipinski definition) is 1. The van der Waals surface area contributed by atoms with Crippen molar-refractivity contribution in [2.24, 2.45) is 0 Å². The second-order valence-corrected chi connectivity index (χ2v) is 9.34. The molecular weight excluding hydrogens is 508 g/mol. The molecule has 0 radical (unpaired) electrons. The number of carbonyl (C=O) groups is 3. The van der Waals surface area contributed by atoms with Gasteiger partial charge < -0.3 is 19.5 Å². The number of rotatable bonds is 8. The lowest BCUT2D eigenvalue weighted by atomic mass is 10.1. The fourth-order valence-corrected chi connectivity index (χ4v) is 4.63. The minimum absolute atomic E-state index is 0.117. The number of fused-ring (bicyclic) bond motifs is 1. The van der Waals surface area contributed by atoms with Crippen LogP contribution in [0.1, 0.15) is 39.1 Å². The van der Waals surface area contributed by atoms with E-state index in [9.17, 15) is 14.4 Å². The van der Waals surface area contributed by atoms with Crippen molar-refractivity contribution in [2.45, 2.75) is 18.9 Å². The molecule has 0 spiro atoms. The molecule has 1 atom stereocenters. The van der Waals surface area contributed by atoms with E-state index in [-0.39, 0.29) is 30.4 Å². The van der Waals surface area contributed by atoms with Gasteiger partial charge in [0.2, 0.25) is 5.91 Å². The molecule has 8 nitrogen and oxygen atoms in total. The molecule has 9 heteroatoms.